The molecule has 0 spiro atoms. The Morgan fingerprint density at radius 1 is 0.525 bits per heavy atom. The maximum atomic E-state index is 12.8. The molecule has 0 fully saturated rings. The summed E-state index contributed by atoms with van der Waals surface area (Å²) < 4.78 is 17.1. The number of nitrogens with zero attached hydrogens (tertiary/aromatic N) is 1. The second-order valence-corrected chi connectivity index (χ2v) is 16.7. The van der Waals surface area contributed by atoms with Crippen LogP contribution >= 0.6 is 0 Å². The number of esters is 2. The summed E-state index contributed by atoms with van der Waals surface area (Å²) >= 11 is 0. The van der Waals surface area contributed by atoms with Crippen molar-refractivity contribution in [2.75, 3.05) is 41.0 Å². The third kappa shape index (κ3) is 41.4. The molecule has 0 saturated heterocycles. The van der Waals surface area contributed by atoms with Crippen molar-refractivity contribution in [3.8, 4) is 0 Å². The zero-order chi connectivity index (χ0) is 44.9. The highest BCUT2D eigenvalue weighted by atomic mass is 16.6. The second-order valence-electron chi connectivity index (χ2n) is 16.7. The van der Waals surface area contributed by atoms with Gasteiger partial charge in [0, 0.05) is 19.3 Å². The highest BCUT2D eigenvalue weighted by Crippen LogP contribution is 2.14. The first-order valence-corrected chi connectivity index (χ1v) is 23.8. The molecular formula is C53H87NO7. The molecule has 346 valence electrons. The van der Waals surface area contributed by atoms with Crippen molar-refractivity contribution in [3.05, 3.63) is 97.2 Å². The third-order valence-electron chi connectivity index (χ3n) is 10.1. The van der Waals surface area contributed by atoms with Crippen molar-refractivity contribution in [1.29, 1.82) is 0 Å². The van der Waals surface area contributed by atoms with E-state index in [0.717, 1.165) is 64.2 Å². The number of unbranched alkanes of at least 4 members (excludes halogenated alkanes) is 15. The molecule has 0 bridgehead atoms. The maximum absolute atomic E-state index is 12.8. The molecule has 0 aliphatic carbocycles. The van der Waals surface area contributed by atoms with Gasteiger partial charge in [0.1, 0.15) is 12.6 Å². The fraction of sp³-hybridized carbons (Fsp3) is 0.642. The Balaban J connectivity index is 4.36. The van der Waals surface area contributed by atoms with E-state index in [2.05, 4.69) is 62.5 Å². The van der Waals surface area contributed by atoms with Gasteiger partial charge in [-0.15, -0.1) is 0 Å². The minimum absolute atomic E-state index is 0.0184. The molecule has 0 rings (SSSR count). The second kappa shape index (κ2) is 42.9. The number of quaternary nitrogens is 1. The number of ether oxygens (including phenoxy) is 3. The van der Waals surface area contributed by atoms with Crippen LogP contribution in [0.3, 0.4) is 0 Å². The van der Waals surface area contributed by atoms with Crippen LogP contribution in [0, 0.1) is 0 Å². The molecule has 0 aromatic carbocycles. The Morgan fingerprint density at radius 2 is 0.984 bits per heavy atom. The molecule has 0 saturated carbocycles. The normalized spacial score (nSPS) is 13.8. The van der Waals surface area contributed by atoms with E-state index >= 15 is 0 Å². The number of aliphatic carboxylic acids is 1. The predicted octanol–water partition coefficient (Wildman–Crippen LogP) is 12.1. The Bertz CT molecular complexity index is 1310. The lowest BCUT2D eigenvalue weighted by molar-refractivity contribution is -0.889. The van der Waals surface area contributed by atoms with Crippen LogP contribution in [0.25, 0.3) is 0 Å². The van der Waals surface area contributed by atoms with Gasteiger partial charge in [-0.05, 0) is 70.6 Å². The standard InChI is InChI=1S/C53H87NO7/c1-6-8-10-12-14-16-18-20-22-23-24-25-26-27-28-30-32-34-36-38-40-42-44-52(56)61-49(47-59-46-45-50(53(57)58)54(3,4)5)48-60-51(55)43-41-39-37-35-33-31-29-21-19-17-15-13-11-9-7-2/h9,11,13-17,19-22,24-25,29,31,33,49-50H,6-8,10,12,18,23,26-28,30,32,34-48H2,1-5H3/b11-9+,15-13+,16-14+,19-17+,22-20+,25-24+,29-21+,33-31+. The molecule has 8 nitrogen and oxygen atoms in total. The minimum atomic E-state index is -1.14. The lowest BCUT2D eigenvalue weighted by atomic mass is 10.1. The fourth-order valence-electron chi connectivity index (χ4n) is 6.39. The number of likely N-dealkylation sites (N-methyl/N-ethyl adjacent to an activating group) is 1. The summed E-state index contributed by atoms with van der Waals surface area (Å²) in [5.74, 6) is -1.81. The summed E-state index contributed by atoms with van der Waals surface area (Å²) in [7, 11) is 5.38. The minimum Gasteiger partial charge on any atom is -0.544 e. The molecule has 0 aromatic heterocycles. The van der Waals surface area contributed by atoms with E-state index < -0.39 is 18.1 Å². The van der Waals surface area contributed by atoms with E-state index in [4.69, 9.17) is 14.2 Å². The van der Waals surface area contributed by atoms with Gasteiger partial charge in [0.05, 0.1) is 40.3 Å². The van der Waals surface area contributed by atoms with E-state index in [1.165, 1.54) is 64.2 Å². The van der Waals surface area contributed by atoms with Crippen LogP contribution in [0.2, 0.25) is 0 Å². The van der Waals surface area contributed by atoms with Crippen molar-refractivity contribution >= 4 is 17.9 Å². The molecule has 0 amide bonds. The highest BCUT2D eigenvalue weighted by molar-refractivity contribution is 5.70. The van der Waals surface area contributed by atoms with Crippen LogP contribution in [-0.2, 0) is 28.6 Å². The molecule has 0 aliphatic rings. The van der Waals surface area contributed by atoms with Crippen molar-refractivity contribution in [2.24, 2.45) is 0 Å². The lowest BCUT2D eigenvalue weighted by Crippen LogP contribution is -2.55. The van der Waals surface area contributed by atoms with Gasteiger partial charge < -0.3 is 28.6 Å². The van der Waals surface area contributed by atoms with Crippen molar-refractivity contribution in [1.82, 2.24) is 0 Å². The molecule has 0 heterocycles. The summed E-state index contributed by atoms with van der Waals surface area (Å²) in [6, 6.07) is -0.739. The van der Waals surface area contributed by atoms with Gasteiger partial charge in [0.15, 0.2) is 6.10 Å². The SMILES string of the molecule is CC/C=C/C=C/C=C/C=C/C=C/CCCCCC(=O)OCC(COCCC(C(=O)[O-])[N+](C)(C)C)OC(=O)CCCCCCCCCCC/C=C/C/C=C/C/C=C/CCCCC. The molecule has 8 heteroatoms. The molecule has 0 aliphatic heterocycles. The van der Waals surface area contributed by atoms with Gasteiger partial charge in [0.25, 0.3) is 0 Å². The molecule has 2 atom stereocenters. The number of carbonyl (C=O) groups excluding carboxylic acids is 3. The van der Waals surface area contributed by atoms with Gasteiger partial charge >= 0.3 is 11.9 Å². The van der Waals surface area contributed by atoms with E-state index in [9.17, 15) is 19.5 Å². The number of hydrogen-bond donors (Lipinski definition) is 0. The van der Waals surface area contributed by atoms with E-state index in [1.807, 2.05) is 48.6 Å². The third-order valence-corrected chi connectivity index (χ3v) is 10.1. The Hall–Kier alpha value is -3.75. The number of allylic oxidation sites excluding steroid dienone is 16. The van der Waals surface area contributed by atoms with Crippen LogP contribution in [0.5, 0.6) is 0 Å². The van der Waals surface area contributed by atoms with Crippen LogP contribution in [0.1, 0.15) is 168 Å². The van der Waals surface area contributed by atoms with Crippen molar-refractivity contribution in [3.63, 3.8) is 0 Å². The van der Waals surface area contributed by atoms with Crippen molar-refractivity contribution < 1.29 is 38.2 Å². The first kappa shape index (κ1) is 57.2. The first-order valence-electron chi connectivity index (χ1n) is 23.8. The van der Waals surface area contributed by atoms with E-state index in [0.29, 0.717) is 19.3 Å². The highest BCUT2D eigenvalue weighted by Gasteiger charge is 2.25. The average molecular weight is 850 g/mol. The number of carboxylic acid groups (broad SMARTS) is 1. The number of carboxylic acids is 1. The fourth-order valence-corrected chi connectivity index (χ4v) is 6.39. The Kier molecular flexibility index (Phi) is 40.3. The molecular weight excluding hydrogens is 763 g/mol. The van der Waals surface area contributed by atoms with Gasteiger partial charge in [-0.25, -0.2) is 0 Å². The number of rotatable bonds is 41. The monoisotopic (exact) mass is 850 g/mol. The maximum Gasteiger partial charge on any atom is 0.306 e. The number of hydrogen-bond acceptors (Lipinski definition) is 7. The van der Waals surface area contributed by atoms with E-state index in [-0.39, 0.29) is 42.7 Å². The smallest absolute Gasteiger partial charge is 0.306 e. The predicted molar refractivity (Wildman–Crippen MR) is 254 cm³/mol. The lowest BCUT2D eigenvalue weighted by Gasteiger charge is -2.34. The molecule has 0 aromatic rings. The van der Waals surface area contributed by atoms with Crippen LogP contribution < -0.4 is 5.11 Å². The zero-order valence-electron chi connectivity index (χ0n) is 39.3. The van der Waals surface area contributed by atoms with Gasteiger partial charge in [-0.1, -0.05) is 175 Å². The summed E-state index contributed by atoms with van der Waals surface area (Å²) in [6.45, 7) is 4.43. The summed E-state index contributed by atoms with van der Waals surface area (Å²) in [5, 5.41) is 11.6. The first-order chi connectivity index (χ1) is 29.6. The zero-order valence-corrected chi connectivity index (χ0v) is 39.3. The summed E-state index contributed by atoms with van der Waals surface area (Å²) in [6.07, 6.45) is 57.2. The largest absolute Gasteiger partial charge is 0.544 e. The molecule has 61 heavy (non-hydrogen) atoms. The van der Waals surface area contributed by atoms with Crippen LogP contribution in [-0.4, -0.2) is 75.5 Å². The van der Waals surface area contributed by atoms with Crippen LogP contribution in [0.4, 0.5) is 0 Å². The molecule has 2 unspecified atom stereocenters. The van der Waals surface area contributed by atoms with Gasteiger partial charge in [-0.3, -0.25) is 9.59 Å². The molecule has 0 radical (unpaired) electrons. The Morgan fingerprint density at radius 3 is 1.52 bits per heavy atom. The quantitative estimate of drug-likeness (QED) is 0.0198. The molecule has 0 N–H and O–H groups in total. The average Bonchev–Trinajstić information content (AvgIpc) is 3.22. The Labute approximate surface area is 373 Å². The number of carbonyl (C=O) groups is 3. The van der Waals surface area contributed by atoms with Crippen molar-refractivity contribution in [2.45, 2.75) is 180 Å². The summed E-state index contributed by atoms with van der Waals surface area (Å²) in [4.78, 5) is 36.9. The van der Waals surface area contributed by atoms with Crippen LogP contribution in [0.15, 0.2) is 97.2 Å². The van der Waals surface area contributed by atoms with Gasteiger partial charge in [0.2, 0.25) is 0 Å². The van der Waals surface area contributed by atoms with E-state index in [1.54, 1.807) is 21.1 Å². The topological polar surface area (TPSA) is 102 Å². The summed E-state index contributed by atoms with van der Waals surface area (Å²) in [5.41, 5.74) is 0. The van der Waals surface area contributed by atoms with Gasteiger partial charge in [-0.2, -0.15) is 0 Å².